The summed E-state index contributed by atoms with van der Waals surface area (Å²) in [7, 11) is 2.58. The average molecular weight is 373 g/mol. The van der Waals surface area contributed by atoms with Gasteiger partial charge in [-0.15, -0.1) is 0 Å². The molecule has 0 saturated carbocycles. The molecule has 1 atom stereocenters. The van der Waals surface area contributed by atoms with Crippen LogP contribution in [0.3, 0.4) is 0 Å². The summed E-state index contributed by atoms with van der Waals surface area (Å²) in [6, 6.07) is 10.7. The normalized spacial score (nSPS) is 11.9. The largest absolute Gasteiger partial charge is 0.491 e. The lowest BCUT2D eigenvalue weighted by Crippen LogP contribution is -2.33. The Labute approximate surface area is 159 Å². The Bertz CT molecular complexity index is 787. The van der Waals surface area contributed by atoms with E-state index in [1.807, 2.05) is 36.4 Å². The van der Waals surface area contributed by atoms with Crippen LogP contribution in [0.15, 0.2) is 36.4 Å². The lowest BCUT2D eigenvalue weighted by atomic mass is 10.1. The van der Waals surface area contributed by atoms with Gasteiger partial charge in [0.05, 0.1) is 32.9 Å². The molecular weight excluding hydrogens is 346 g/mol. The molecule has 27 heavy (non-hydrogen) atoms. The van der Waals surface area contributed by atoms with Crippen molar-refractivity contribution in [2.45, 2.75) is 32.7 Å². The summed E-state index contributed by atoms with van der Waals surface area (Å²) in [5.74, 6) is 0.110. The lowest BCUT2D eigenvalue weighted by molar-refractivity contribution is -0.148. The molecule has 0 spiro atoms. The van der Waals surface area contributed by atoms with Crippen molar-refractivity contribution in [1.29, 1.82) is 0 Å². The van der Waals surface area contributed by atoms with Crippen molar-refractivity contribution in [3.05, 3.63) is 36.4 Å². The maximum absolute atomic E-state index is 12.2. The Morgan fingerprint density at radius 2 is 1.78 bits per heavy atom. The number of carbonyl (C=O) groups is 2. The van der Waals surface area contributed by atoms with E-state index >= 15 is 0 Å². The van der Waals surface area contributed by atoms with E-state index in [-0.39, 0.29) is 6.42 Å². The molecule has 2 aromatic rings. The molecule has 2 rings (SSSR count). The van der Waals surface area contributed by atoms with Gasteiger partial charge in [-0.3, -0.25) is 4.79 Å². The van der Waals surface area contributed by atoms with Crippen LogP contribution < -0.4 is 10.1 Å². The number of anilines is 1. The highest BCUT2D eigenvalue weighted by Gasteiger charge is 2.25. The Balaban J connectivity index is 2.38. The van der Waals surface area contributed by atoms with Gasteiger partial charge in [-0.05, 0) is 23.8 Å². The van der Waals surface area contributed by atoms with Gasteiger partial charge in [0.15, 0.2) is 0 Å². The van der Waals surface area contributed by atoms with Crippen molar-refractivity contribution in [2.75, 3.05) is 26.1 Å². The summed E-state index contributed by atoms with van der Waals surface area (Å²) in [5.41, 5.74) is 0.663. The third kappa shape index (κ3) is 5.61. The molecule has 0 radical (unpaired) electrons. The number of benzene rings is 2. The van der Waals surface area contributed by atoms with Crippen LogP contribution in [0.5, 0.6) is 5.75 Å². The van der Waals surface area contributed by atoms with Crippen molar-refractivity contribution in [1.82, 2.24) is 0 Å². The minimum atomic E-state index is -0.874. The summed E-state index contributed by atoms with van der Waals surface area (Å²) >= 11 is 0. The van der Waals surface area contributed by atoms with Crippen LogP contribution in [0, 0.1) is 5.92 Å². The van der Waals surface area contributed by atoms with Gasteiger partial charge >= 0.3 is 11.9 Å². The fourth-order valence-corrected chi connectivity index (χ4v) is 2.69. The molecule has 146 valence electrons. The molecule has 6 nitrogen and oxygen atoms in total. The average Bonchev–Trinajstić information content (AvgIpc) is 2.67. The number of nitrogens with one attached hydrogen (secondary N) is 1. The van der Waals surface area contributed by atoms with Crippen LogP contribution in [0.1, 0.15) is 26.7 Å². The summed E-state index contributed by atoms with van der Waals surface area (Å²) in [6.45, 7) is 4.82. The fourth-order valence-electron chi connectivity index (χ4n) is 2.69. The number of hydrogen-bond donors (Lipinski definition) is 1. The number of methoxy groups -OCH3 is 2. The quantitative estimate of drug-likeness (QED) is 0.674. The first-order valence-corrected chi connectivity index (χ1v) is 9.02. The third-order valence-corrected chi connectivity index (χ3v) is 4.25. The molecule has 0 aliphatic heterocycles. The smallest absolute Gasteiger partial charge is 0.328 e. The van der Waals surface area contributed by atoms with Crippen LogP contribution in [-0.2, 0) is 19.1 Å². The van der Waals surface area contributed by atoms with E-state index in [1.165, 1.54) is 14.2 Å². The van der Waals surface area contributed by atoms with Crippen LogP contribution in [0.2, 0.25) is 0 Å². The molecular formula is C21H27NO5. The molecule has 0 amide bonds. The molecule has 0 aromatic heterocycles. The number of carbonyl (C=O) groups excluding carboxylic acids is 2. The van der Waals surface area contributed by atoms with E-state index in [9.17, 15) is 9.59 Å². The maximum Gasteiger partial charge on any atom is 0.328 e. The Kier molecular flexibility index (Phi) is 7.46. The van der Waals surface area contributed by atoms with E-state index in [0.29, 0.717) is 24.0 Å². The van der Waals surface area contributed by atoms with Crippen molar-refractivity contribution in [3.8, 4) is 5.75 Å². The Morgan fingerprint density at radius 3 is 2.44 bits per heavy atom. The van der Waals surface area contributed by atoms with Gasteiger partial charge in [-0.2, -0.15) is 0 Å². The number of ether oxygens (including phenoxy) is 3. The zero-order valence-corrected chi connectivity index (χ0v) is 16.3. The van der Waals surface area contributed by atoms with Gasteiger partial charge in [0, 0.05) is 5.39 Å². The fraction of sp³-hybridized carbons (Fsp3) is 0.429. The van der Waals surface area contributed by atoms with Crippen LogP contribution in [-0.4, -0.2) is 38.8 Å². The van der Waals surface area contributed by atoms with E-state index in [1.54, 1.807) is 0 Å². The van der Waals surface area contributed by atoms with Gasteiger partial charge in [-0.1, -0.05) is 44.2 Å². The van der Waals surface area contributed by atoms with Crippen LogP contribution in [0.4, 0.5) is 5.69 Å². The summed E-state index contributed by atoms with van der Waals surface area (Å²) in [5, 5.41) is 5.04. The number of fused-ring (bicyclic) bond motifs is 1. The topological polar surface area (TPSA) is 73.9 Å². The van der Waals surface area contributed by atoms with Gasteiger partial charge in [-0.25, -0.2) is 4.79 Å². The van der Waals surface area contributed by atoms with Crippen LogP contribution in [0.25, 0.3) is 10.8 Å². The molecule has 1 N–H and O–H groups in total. The third-order valence-electron chi connectivity index (χ3n) is 4.25. The highest BCUT2D eigenvalue weighted by molar-refractivity contribution is 5.99. The van der Waals surface area contributed by atoms with Gasteiger partial charge < -0.3 is 19.5 Å². The molecule has 0 aliphatic carbocycles. The van der Waals surface area contributed by atoms with Crippen molar-refractivity contribution >= 4 is 28.4 Å². The Hall–Kier alpha value is -2.76. The molecule has 1 unspecified atom stereocenters. The minimum absolute atomic E-state index is 0.141. The summed E-state index contributed by atoms with van der Waals surface area (Å²) in [4.78, 5) is 23.9. The SMILES string of the molecule is COC(=O)CC(Nc1c(OCCC(C)C)ccc2ccccc12)C(=O)OC. The predicted octanol–water partition coefficient (Wildman–Crippen LogP) is 3.78. The van der Waals surface area contributed by atoms with Gasteiger partial charge in [0.1, 0.15) is 11.8 Å². The van der Waals surface area contributed by atoms with Crippen molar-refractivity contribution < 1.29 is 23.8 Å². The van der Waals surface area contributed by atoms with E-state index in [4.69, 9.17) is 14.2 Å². The number of esters is 2. The van der Waals surface area contributed by atoms with Crippen LogP contribution >= 0.6 is 0 Å². The molecule has 0 fully saturated rings. The summed E-state index contributed by atoms with van der Waals surface area (Å²) in [6.07, 6.45) is 0.771. The lowest BCUT2D eigenvalue weighted by Gasteiger charge is -2.21. The van der Waals surface area contributed by atoms with E-state index in [0.717, 1.165) is 17.2 Å². The molecule has 0 saturated heterocycles. The molecule has 0 heterocycles. The van der Waals surface area contributed by atoms with E-state index < -0.39 is 18.0 Å². The van der Waals surface area contributed by atoms with Gasteiger partial charge in [0.25, 0.3) is 0 Å². The monoisotopic (exact) mass is 373 g/mol. The highest BCUT2D eigenvalue weighted by atomic mass is 16.5. The van der Waals surface area contributed by atoms with Gasteiger partial charge in [0.2, 0.25) is 0 Å². The highest BCUT2D eigenvalue weighted by Crippen LogP contribution is 2.34. The molecule has 6 heteroatoms. The number of rotatable bonds is 9. The second-order valence-corrected chi connectivity index (χ2v) is 6.69. The standard InChI is InChI=1S/C21H27NO5/c1-14(2)11-12-27-18-10-9-15-7-5-6-8-16(15)20(18)22-17(21(24)26-4)13-19(23)25-3/h5-10,14,17,22H,11-13H2,1-4H3. The second-order valence-electron chi connectivity index (χ2n) is 6.69. The zero-order chi connectivity index (χ0) is 19.8. The second kappa shape index (κ2) is 9.80. The summed E-state index contributed by atoms with van der Waals surface area (Å²) < 4.78 is 15.5. The first-order chi connectivity index (χ1) is 13.0. The predicted molar refractivity (Wildman–Crippen MR) is 105 cm³/mol. The van der Waals surface area contributed by atoms with E-state index in [2.05, 4.69) is 19.2 Å². The maximum atomic E-state index is 12.2. The molecule has 0 bridgehead atoms. The minimum Gasteiger partial charge on any atom is -0.491 e. The number of hydrogen-bond acceptors (Lipinski definition) is 6. The molecule has 0 aliphatic rings. The first-order valence-electron chi connectivity index (χ1n) is 9.02. The zero-order valence-electron chi connectivity index (χ0n) is 16.3. The molecule has 2 aromatic carbocycles. The first kappa shape index (κ1) is 20.6. The van der Waals surface area contributed by atoms with Crippen molar-refractivity contribution in [2.24, 2.45) is 5.92 Å². The van der Waals surface area contributed by atoms with Crippen molar-refractivity contribution in [3.63, 3.8) is 0 Å². The Morgan fingerprint density at radius 1 is 1.04 bits per heavy atom.